The Morgan fingerprint density at radius 2 is 1.81 bits per heavy atom. The van der Waals surface area contributed by atoms with Crippen LogP contribution >= 0.6 is 27.9 Å². The SMILES string of the molecule is O=C(N1CCN(Sc2ccc(Br)c(F)c2)CC1)C(F)(F)F. The number of rotatable bonds is 2. The van der Waals surface area contributed by atoms with Crippen molar-refractivity contribution in [3.05, 3.63) is 28.5 Å². The predicted molar refractivity (Wildman–Crippen MR) is 74.2 cm³/mol. The molecule has 0 spiro atoms. The second-order valence-electron chi connectivity index (χ2n) is 4.39. The maximum atomic E-state index is 13.4. The topological polar surface area (TPSA) is 23.6 Å². The molecule has 0 N–H and O–H groups in total. The van der Waals surface area contributed by atoms with Crippen LogP contribution in [0, 0.1) is 5.82 Å². The largest absolute Gasteiger partial charge is 0.471 e. The Morgan fingerprint density at radius 1 is 1.19 bits per heavy atom. The van der Waals surface area contributed by atoms with Gasteiger partial charge in [-0.1, -0.05) is 0 Å². The van der Waals surface area contributed by atoms with Crippen molar-refractivity contribution in [3.63, 3.8) is 0 Å². The molecule has 0 radical (unpaired) electrons. The van der Waals surface area contributed by atoms with Gasteiger partial charge in [-0.15, -0.1) is 0 Å². The van der Waals surface area contributed by atoms with E-state index in [0.717, 1.165) is 4.90 Å². The number of nitrogens with zero attached hydrogens (tertiary/aromatic N) is 2. The molecule has 1 aliphatic rings. The molecule has 1 amide bonds. The highest BCUT2D eigenvalue weighted by atomic mass is 79.9. The third kappa shape index (κ3) is 4.33. The maximum Gasteiger partial charge on any atom is 0.471 e. The Morgan fingerprint density at radius 3 is 2.33 bits per heavy atom. The molecule has 9 heteroatoms. The fraction of sp³-hybridized carbons (Fsp3) is 0.417. The molecule has 1 aromatic carbocycles. The molecule has 1 heterocycles. The average molecular weight is 387 g/mol. The van der Waals surface area contributed by atoms with Crippen LogP contribution in [0.25, 0.3) is 0 Å². The van der Waals surface area contributed by atoms with Crippen molar-refractivity contribution >= 4 is 33.8 Å². The van der Waals surface area contributed by atoms with Crippen LogP contribution in [0.3, 0.4) is 0 Å². The minimum absolute atomic E-state index is 0.00432. The normalized spacial score (nSPS) is 17.1. The monoisotopic (exact) mass is 386 g/mol. The molecule has 1 fully saturated rings. The van der Waals surface area contributed by atoms with Gasteiger partial charge in [-0.25, -0.2) is 8.70 Å². The minimum atomic E-state index is -4.83. The summed E-state index contributed by atoms with van der Waals surface area (Å²) in [7, 11) is 0. The number of halogens is 5. The number of hydrogen-bond acceptors (Lipinski definition) is 3. The summed E-state index contributed by atoms with van der Waals surface area (Å²) in [5.41, 5.74) is 0. The molecule has 116 valence electrons. The number of benzene rings is 1. The minimum Gasteiger partial charge on any atom is -0.332 e. The summed E-state index contributed by atoms with van der Waals surface area (Å²) >= 11 is 4.31. The van der Waals surface area contributed by atoms with E-state index in [1.807, 2.05) is 4.31 Å². The number of piperazine rings is 1. The van der Waals surface area contributed by atoms with Gasteiger partial charge in [-0.3, -0.25) is 4.79 Å². The lowest BCUT2D eigenvalue weighted by Gasteiger charge is -2.34. The Kier molecular flexibility index (Phi) is 5.15. The third-order valence-corrected chi connectivity index (χ3v) is 4.63. The van der Waals surface area contributed by atoms with E-state index in [1.54, 1.807) is 12.1 Å². The quantitative estimate of drug-likeness (QED) is 0.575. The zero-order valence-electron chi connectivity index (χ0n) is 10.7. The Labute approximate surface area is 131 Å². The molecule has 2 rings (SSSR count). The van der Waals surface area contributed by atoms with E-state index < -0.39 is 17.9 Å². The van der Waals surface area contributed by atoms with Crippen LogP contribution in [0.4, 0.5) is 17.6 Å². The fourth-order valence-corrected chi connectivity index (χ4v) is 3.02. The fourth-order valence-electron chi connectivity index (χ4n) is 1.84. The highest BCUT2D eigenvalue weighted by Crippen LogP contribution is 2.28. The number of carbonyl (C=O) groups is 1. The summed E-state index contributed by atoms with van der Waals surface area (Å²) in [5, 5.41) is 0. The zero-order chi connectivity index (χ0) is 15.6. The zero-order valence-corrected chi connectivity index (χ0v) is 13.1. The average Bonchev–Trinajstić information content (AvgIpc) is 2.42. The van der Waals surface area contributed by atoms with Crippen LogP contribution < -0.4 is 0 Å². The molecule has 0 bridgehead atoms. The number of amides is 1. The van der Waals surface area contributed by atoms with Gasteiger partial charge in [0, 0.05) is 31.1 Å². The lowest BCUT2D eigenvalue weighted by Crippen LogP contribution is -2.50. The van der Waals surface area contributed by atoms with Crippen molar-refractivity contribution in [2.24, 2.45) is 0 Å². The molecule has 21 heavy (non-hydrogen) atoms. The Balaban J connectivity index is 1.89. The molecule has 3 nitrogen and oxygen atoms in total. The summed E-state index contributed by atoms with van der Waals surface area (Å²) in [6, 6.07) is 4.63. The molecule has 0 saturated carbocycles. The highest BCUT2D eigenvalue weighted by Gasteiger charge is 2.43. The van der Waals surface area contributed by atoms with Crippen molar-refractivity contribution in [1.82, 2.24) is 9.21 Å². The Hall–Kier alpha value is -0.800. The van der Waals surface area contributed by atoms with Gasteiger partial charge in [0.05, 0.1) is 4.47 Å². The highest BCUT2D eigenvalue weighted by molar-refractivity contribution is 9.10. The van der Waals surface area contributed by atoms with Gasteiger partial charge >= 0.3 is 12.1 Å². The van der Waals surface area contributed by atoms with Gasteiger partial charge in [0.2, 0.25) is 0 Å². The second kappa shape index (κ2) is 6.53. The van der Waals surface area contributed by atoms with Crippen molar-refractivity contribution in [2.75, 3.05) is 26.2 Å². The first-order chi connectivity index (χ1) is 9.77. The maximum absolute atomic E-state index is 13.4. The standard InChI is InChI=1S/C12H11BrF4N2OS/c13-9-2-1-8(7-10(9)14)21-19-5-3-18(4-6-19)11(20)12(15,16)17/h1-2,7H,3-6H2. The molecule has 0 aliphatic carbocycles. The van der Waals surface area contributed by atoms with E-state index in [4.69, 9.17) is 0 Å². The summed E-state index contributed by atoms with van der Waals surface area (Å²) < 4.78 is 52.4. The Bertz CT molecular complexity index is 532. The van der Waals surface area contributed by atoms with Crippen LogP contribution in [-0.4, -0.2) is 47.5 Å². The molecule has 1 aromatic rings. The van der Waals surface area contributed by atoms with Gasteiger partial charge in [0.25, 0.3) is 0 Å². The van der Waals surface area contributed by atoms with E-state index >= 15 is 0 Å². The summed E-state index contributed by atoms with van der Waals surface area (Å²) in [6.45, 7) is 0.600. The van der Waals surface area contributed by atoms with E-state index in [-0.39, 0.29) is 13.1 Å². The number of hydrogen-bond donors (Lipinski definition) is 0. The van der Waals surface area contributed by atoms with Crippen molar-refractivity contribution in [2.45, 2.75) is 11.1 Å². The van der Waals surface area contributed by atoms with E-state index in [1.165, 1.54) is 18.0 Å². The summed E-state index contributed by atoms with van der Waals surface area (Å²) in [6.07, 6.45) is -4.83. The van der Waals surface area contributed by atoms with Crippen LogP contribution in [0.2, 0.25) is 0 Å². The van der Waals surface area contributed by atoms with Crippen molar-refractivity contribution < 1.29 is 22.4 Å². The van der Waals surface area contributed by atoms with Gasteiger partial charge in [0.15, 0.2) is 0 Å². The predicted octanol–water partition coefficient (Wildman–Crippen LogP) is 3.30. The smallest absolute Gasteiger partial charge is 0.332 e. The van der Waals surface area contributed by atoms with E-state index in [0.29, 0.717) is 22.5 Å². The third-order valence-electron chi connectivity index (χ3n) is 2.89. The summed E-state index contributed by atoms with van der Waals surface area (Å²) in [5.74, 6) is -2.20. The van der Waals surface area contributed by atoms with Gasteiger partial charge in [0.1, 0.15) is 5.82 Å². The van der Waals surface area contributed by atoms with Crippen LogP contribution in [0.1, 0.15) is 0 Å². The molecular formula is C12H11BrF4N2OS. The van der Waals surface area contributed by atoms with Crippen molar-refractivity contribution in [3.8, 4) is 0 Å². The number of alkyl halides is 3. The van der Waals surface area contributed by atoms with Crippen LogP contribution in [0.15, 0.2) is 27.6 Å². The van der Waals surface area contributed by atoms with E-state index in [9.17, 15) is 22.4 Å². The van der Waals surface area contributed by atoms with E-state index in [2.05, 4.69) is 15.9 Å². The van der Waals surface area contributed by atoms with Crippen LogP contribution in [0.5, 0.6) is 0 Å². The molecule has 0 aromatic heterocycles. The molecule has 1 aliphatic heterocycles. The number of carbonyl (C=O) groups excluding carboxylic acids is 1. The van der Waals surface area contributed by atoms with Crippen molar-refractivity contribution in [1.29, 1.82) is 0 Å². The van der Waals surface area contributed by atoms with Gasteiger partial charge < -0.3 is 4.90 Å². The second-order valence-corrected chi connectivity index (χ2v) is 6.41. The first kappa shape index (κ1) is 16.6. The first-order valence-corrected chi connectivity index (χ1v) is 7.58. The molecular weight excluding hydrogens is 376 g/mol. The molecule has 1 saturated heterocycles. The van der Waals surface area contributed by atoms with Crippen LogP contribution in [-0.2, 0) is 4.79 Å². The van der Waals surface area contributed by atoms with Gasteiger partial charge in [-0.05, 0) is 46.1 Å². The lowest BCUT2D eigenvalue weighted by atomic mass is 10.3. The van der Waals surface area contributed by atoms with Gasteiger partial charge in [-0.2, -0.15) is 13.2 Å². The molecule has 0 atom stereocenters. The molecule has 0 unspecified atom stereocenters. The summed E-state index contributed by atoms with van der Waals surface area (Å²) in [4.78, 5) is 12.5. The first-order valence-electron chi connectivity index (χ1n) is 6.01. The lowest BCUT2D eigenvalue weighted by molar-refractivity contribution is -0.186.